The van der Waals surface area contributed by atoms with Crippen LogP contribution in [0.25, 0.3) is 0 Å². The van der Waals surface area contributed by atoms with Gasteiger partial charge in [0.2, 0.25) is 0 Å². The quantitative estimate of drug-likeness (QED) is 0.925. The zero-order valence-corrected chi connectivity index (χ0v) is 12.7. The van der Waals surface area contributed by atoms with E-state index in [0.29, 0.717) is 18.0 Å². The average molecular weight is 289 g/mol. The van der Waals surface area contributed by atoms with Gasteiger partial charge in [-0.15, -0.1) is 0 Å². The predicted molar refractivity (Wildman–Crippen MR) is 81.5 cm³/mol. The van der Waals surface area contributed by atoms with Crippen LogP contribution in [0.15, 0.2) is 24.3 Å². The third-order valence-electron chi connectivity index (χ3n) is 4.12. The highest BCUT2D eigenvalue weighted by molar-refractivity contribution is 5.94. The molecule has 0 spiro atoms. The van der Waals surface area contributed by atoms with Gasteiger partial charge < -0.3 is 10.0 Å². The van der Waals surface area contributed by atoms with E-state index in [9.17, 15) is 9.59 Å². The molecule has 0 saturated carbocycles. The molecule has 1 aromatic carbocycles. The summed E-state index contributed by atoms with van der Waals surface area (Å²) in [6, 6.07) is 7.49. The first-order valence-electron chi connectivity index (χ1n) is 7.61. The predicted octanol–water partition coefficient (Wildman–Crippen LogP) is 3.28. The molecule has 4 heteroatoms. The largest absolute Gasteiger partial charge is 0.481 e. The van der Waals surface area contributed by atoms with Crippen LogP contribution in [0.1, 0.15) is 61.4 Å². The van der Waals surface area contributed by atoms with E-state index in [-0.39, 0.29) is 18.4 Å². The van der Waals surface area contributed by atoms with Crippen molar-refractivity contribution in [2.45, 2.75) is 51.5 Å². The van der Waals surface area contributed by atoms with Gasteiger partial charge in [0.1, 0.15) is 0 Å². The summed E-state index contributed by atoms with van der Waals surface area (Å²) in [6.45, 7) is 4.89. The molecule has 4 nitrogen and oxygen atoms in total. The van der Waals surface area contributed by atoms with Gasteiger partial charge in [-0.3, -0.25) is 9.59 Å². The molecule has 1 aromatic rings. The van der Waals surface area contributed by atoms with Crippen LogP contribution in [0, 0.1) is 0 Å². The standard InChI is InChI=1S/C17H23NO3/c1-12(2)13-6-8-14(9-7-13)17(21)18-10-4-3-5-15(18)11-16(19)20/h6-9,12,15H,3-5,10-11H2,1-2H3,(H,19,20). The third kappa shape index (κ3) is 3.84. The van der Waals surface area contributed by atoms with Gasteiger partial charge in [-0.05, 0) is 42.9 Å². The number of amides is 1. The number of carbonyl (C=O) groups excluding carboxylic acids is 1. The Kier molecular flexibility index (Phi) is 4.99. The Labute approximate surface area is 125 Å². The van der Waals surface area contributed by atoms with E-state index in [2.05, 4.69) is 13.8 Å². The number of hydrogen-bond donors (Lipinski definition) is 1. The Morgan fingerprint density at radius 3 is 2.48 bits per heavy atom. The van der Waals surface area contributed by atoms with Crippen LogP contribution in [-0.4, -0.2) is 34.5 Å². The highest BCUT2D eigenvalue weighted by atomic mass is 16.4. The minimum absolute atomic E-state index is 0.0375. The minimum atomic E-state index is -0.838. The molecule has 1 fully saturated rings. The molecule has 0 radical (unpaired) electrons. The average Bonchev–Trinajstić information content (AvgIpc) is 2.46. The number of rotatable bonds is 4. The van der Waals surface area contributed by atoms with Crippen LogP contribution < -0.4 is 0 Å². The molecule has 1 aliphatic rings. The molecule has 1 unspecified atom stereocenters. The van der Waals surface area contributed by atoms with Crippen LogP contribution in [0.3, 0.4) is 0 Å². The molecule has 1 atom stereocenters. The molecule has 1 amide bonds. The van der Waals surface area contributed by atoms with E-state index in [4.69, 9.17) is 5.11 Å². The Hall–Kier alpha value is -1.84. The summed E-state index contributed by atoms with van der Waals surface area (Å²) in [4.78, 5) is 25.3. The van der Waals surface area contributed by atoms with Crippen molar-refractivity contribution >= 4 is 11.9 Å². The molecule has 21 heavy (non-hydrogen) atoms. The maximum atomic E-state index is 12.6. The van der Waals surface area contributed by atoms with E-state index in [0.717, 1.165) is 19.3 Å². The van der Waals surface area contributed by atoms with Crippen molar-refractivity contribution in [3.8, 4) is 0 Å². The number of piperidine rings is 1. The first-order valence-corrected chi connectivity index (χ1v) is 7.61. The highest BCUT2D eigenvalue weighted by Gasteiger charge is 2.29. The van der Waals surface area contributed by atoms with E-state index < -0.39 is 5.97 Å². The number of carboxylic acid groups (broad SMARTS) is 1. The van der Waals surface area contributed by atoms with Crippen LogP contribution in [0.5, 0.6) is 0 Å². The molecule has 1 saturated heterocycles. The van der Waals surface area contributed by atoms with Gasteiger partial charge >= 0.3 is 5.97 Å². The fourth-order valence-electron chi connectivity index (χ4n) is 2.86. The van der Waals surface area contributed by atoms with Gasteiger partial charge in [0, 0.05) is 18.2 Å². The zero-order valence-electron chi connectivity index (χ0n) is 12.7. The van der Waals surface area contributed by atoms with E-state index in [1.165, 1.54) is 5.56 Å². The maximum Gasteiger partial charge on any atom is 0.305 e. The molecular weight excluding hydrogens is 266 g/mol. The van der Waals surface area contributed by atoms with Crippen molar-refractivity contribution < 1.29 is 14.7 Å². The smallest absolute Gasteiger partial charge is 0.305 e. The van der Waals surface area contributed by atoms with Crippen molar-refractivity contribution in [1.82, 2.24) is 4.90 Å². The van der Waals surface area contributed by atoms with Crippen molar-refractivity contribution in [2.75, 3.05) is 6.54 Å². The summed E-state index contributed by atoms with van der Waals surface area (Å²) in [7, 11) is 0. The first kappa shape index (κ1) is 15.5. The molecule has 0 aromatic heterocycles. The fraction of sp³-hybridized carbons (Fsp3) is 0.529. The second-order valence-electron chi connectivity index (χ2n) is 6.02. The molecule has 0 aliphatic carbocycles. The maximum absolute atomic E-state index is 12.6. The summed E-state index contributed by atoms with van der Waals surface area (Å²) >= 11 is 0. The Morgan fingerprint density at radius 1 is 1.24 bits per heavy atom. The summed E-state index contributed by atoms with van der Waals surface area (Å²) in [5.41, 5.74) is 1.85. The lowest BCUT2D eigenvalue weighted by molar-refractivity contribution is -0.138. The second-order valence-corrected chi connectivity index (χ2v) is 6.02. The Bertz CT molecular complexity index is 507. The van der Waals surface area contributed by atoms with Gasteiger partial charge in [-0.1, -0.05) is 26.0 Å². The fourth-order valence-corrected chi connectivity index (χ4v) is 2.86. The second kappa shape index (κ2) is 6.74. The minimum Gasteiger partial charge on any atom is -0.481 e. The SMILES string of the molecule is CC(C)c1ccc(C(=O)N2CCCCC2CC(=O)O)cc1. The van der Waals surface area contributed by atoms with Crippen LogP contribution >= 0.6 is 0 Å². The summed E-state index contributed by atoms with van der Waals surface area (Å²) in [5, 5.41) is 9.00. The summed E-state index contributed by atoms with van der Waals surface area (Å²) in [6.07, 6.45) is 2.76. The first-order chi connectivity index (χ1) is 9.99. The van der Waals surface area contributed by atoms with Crippen molar-refractivity contribution in [1.29, 1.82) is 0 Å². The van der Waals surface area contributed by atoms with Crippen LogP contribution in [-0.2, 0) is 4.79 Å². The third-order valence-corrected chi connectivity index (χ3v) is 4.12. The number of likely N-dealkylation sites (tertiary alicyclic amines) is 1. The number of hydrogen-bond acceptors (Lipinski definition) is 2. The van der Waals surface area contributed by atoms with Crippen LogP contribution in [0.2, 0.25) is 0 Å². The molecule has 0 bridgehead atoms. The lowest BCUT2D eigenvalue weighted by atomic mass is 9.97. The van der Waals surface area contributed by atoms with Crippen molar-refractivity contribution in [3.63, 3.8) is 0 Å². The number of carbonyl (C=O) groups is 2. The zero-order chi connectivity index (χ0) is 15.4. The number of aliphatic carboxylic acids is 1. The highest BCUT2D eigenvalue weighted by Crippen LogP contribution is 2.23. The van der Waals surface area contributed by atoms with E-state index >= 15 is 0 Å². The number of carboxylic acids is 1. The van der Waals surface area contributed by atoms with Gasteiger partial charge in [-0.2, -0.15) is 0 Å². The van der Waals surface area contributed by atoms with Crippen LogP contribution in [0.4, 0.5) is 0 Å². The molecule has 1 aliphatic heterocycles. The van der Waals surface area contributed by atoms with Gasteiger partial charge in [-0.25, -0.2) is 0 Å². The molecule has 1 heterocycles. The van der Waals surface area contributed by atoms with E-state index in [1.54, 1.807) is 4.90 Å². The lowest BCUT2D eigenvalue weighted by Crippen LogP contribution is -2.44. The lowest BCUT2D eigenvalue weighted by Gasteiger charge is -2.35. The number of nitrogens with zero attached hydrogens (tertiary/aromatic N) is 1. The molecule has 2 rings (SSSR count). The molecular formula is C17H23NO3. The van der Waals surface area contributed by atoms with Gasteiger partial charge in [0.05, 0.1) is 6.42 Å². The summed E-state index contributed by atoms with van der Waals surface area (Å²) in [5.74, 6) is -0.449. The topological polar surface area (TPSA) is 57.6 Å². The van der Waals surface area contributed by atoms with Gasteiger partial charge in [0.25, 0.3) is 5.91 Å². The molecule has 114 valence electrons. The van der Waals surface area contributed by atoms with E-state index in [1.807, 2.05) is 24.3 Å². The Morgan fingerprint density at radius 2 is 1.90 bits per heavy atom. The number of benzene rings is 1. The monoisotopic (exact) mass is 289 g/mol. The normalized spacial score (nSPS) is 18.8. The van der Waals surface area contributed by atoms with Crippen molar-refractivity contribution in [3.05, 3.63) is 35.4 Å². The molecule has 1 N–H and O–H groups in total. The summed E-state index contributed by atoms with van der Waals surface area (Å²) < 4.78 is 0. The Balaban J connectivity index is 2.14. The van der Waals surface area contributed by atoms with Crippen molar-refractivity contribution in [2.24, 2.45) is 0 Å². The van der Waals surface area contributed by atoms with Gasteiger partial charge in [0.15, 0.2) is 0 Å².